The molecule has 0 aliphatic rings. The first kappa shape index (κ1) is 18.6. The number of hydrogen-bond acceptors (Lipinski definition) is 5. The van der Waals surface area contributed by atoms with Crippen LogP contribution in [0.2, 0.25) is 0 Å². The molecule has 0 spiro atoms. The van der Waals surface area contributed by atoms with Gasteiger partial charge in [-0.2, -0.15) is 5.10 Å². The number of nitrogens with one attached hydrogen (secondary N) is 1. The zero-order valence-electron chi connectivity index (χ0n) is 16.5. The van der Waals surface area contributed by atoms with Crippen molar-refractivity contribution in [3.8, 4) is 5.88 Å². The number of rotatable bonds is 5. The number of amides is 1. The van der Waals surface area contributed by atoms with Gasteiger partial charge in [0.25, 0.3) is 5.91 Å². The molecule has 146 valence electrons. The highest BCUT2D eigenvalue weighted by atomic mass is 16.5. The second kappa shape index (κ2) is 7.71. The van der Waals surface area contributed by atoms with E-state index in [-0.39, 0.29) is 5.91 Å². The molecule has 0 aliphatic carbocycles. The number of aromatic nitrogens is 4. The summed E-state index contributed by atoms with van der Waals surface area (Å²) in [5.41, 5.74) is 4.43. The van der Waals surface area contributed by atoms with Gasteiger partial charge in [0.1, 0.15) is 0 Å². The molecule has 0 atom stereocenters. The summed E-state index contributed by atoms with van der Waals surface area (Å²) in [4.78, 5) is 21.9. The molecular formula is C22H21N5O2. The van der Waals surface area contributed by atoms with E-state index in [4.69, 9.17) is 4.74 Å². The Morgan fingerprint density at radius 2 is 1.93 bits per heavy atom. The third-order valence-corrected chi connectivity index (χ3v) is 4.80. The van der Waals surface area contributed by atoms with E-state index in [1.54, 1.807) is 12.3 Å². The third-order valence-electron chi connectivity index (χ3n) is 4.80. The molecule has 1 N–H and O–H groups in total. The number of anilines is 1. The Kier molecular flexibility index (Phi) is 4.95. The number of carbonyl (C=O) groups is 1. The van der Waals surface area contributed by atoms with Gasteiger partial charge in [0.2, 0.25) is 5.88 Å². The Bertz CT molecular complexity index is 1180. The predicted octanol–water partition coefficient (Wildman–Crippen LogP) is 3.75. The van der Waals surface area contributed by atoms with E-state index in [2.05, 4.69) is 20.4 Å². The highest BCUT2D eigenvalue weighted by molar-refractivity contribution is 6.12. The minimum Gasteiger partial charge on any atom is -0.481 e. The lowest BCUT2D eigenvalue weighted by Crippen LogP contribution is -2.14. The number of fused-ring (bicyclic) bond motifs is 1. The number of aryl methyl sites for hydroxylation is 1. The molecule has 1 aromatic carbocycles. The van der Waals surface area contributed by atoms with Gasteiger partial charge in [-0.15, -0.1) is 0 Å². The molecule has 0 aliphatic heterocycles. The number of benzene rings is 1. The summed E-state index contributed by atoms with van der Waals surface area (Å²) in [5.74, 6) is 0.165. The Hall–Kier alpha value is -3.74. The summed E-state index contributed by atoms with van der Waals surface area (Å²) in [7, 11) is 1.54. The van der Waals surface area contributed by atoms with Crippen molar-refractivity contribution in [2.75, 3.05) is 12.4 Å². The van der Waals surface area contributed by atoms with E-state index in [1.807, 2.05) is 61.0 Å². The SMILES string of the molecule is COc1cc(C(=O)Nc2c(C)nn(Cc3ccccn3)c2C)c2ccccc2n1. The van der Waals surface area contributed by atoms with Crippen LogP contribution >= 0.6 is 0 Å². The Morgan fingerprint density at radius 3 is 2.69 bits per heavy atom. The van der Waals surface area contributed by atoms with Crippen LogP contribution in [-0.2, 0) is 6.54 Å². The molecule has 4 rings (SSSR count). The number of methoxy groups -OCH3 is 1. The summed E-state index contributed by atoms with van der Waals surface area (Å²) >= 11 is 0. The van der Waals surface area contributed by atoms with Crippen LogP contribution in [0.4, 0.5) is 5.69 Å². The van der Waals surface area contributed by atoms with Crippen LogP contribution in [-0.4, -0.2) is 32.8 Å². The van der Waals surface area contributed by atoms with Crippen molar-refractivity contribution in [3.63, 3.8) is 0 Å². The zero-order valence-corrected chi connectivity index (χ0v) is 16.5. The summed E-state index contributed by atoms with van der Waals surface area (Å²) in [6, 6.07) is 14.9. The fourth-order valence-corrected chi connectivity index (χ4v) is 3.30. The fraction of sp³-hybridized carbons (Fsp3) is 0.182. The maximum absolute atomic E-state index is 13.1. The molecule has 3 heterocycles. The van der Waals surface area contributed by atoms with Crippen LogP contribution in [0.1, 0.15) is 27.4 Å². The number of pyridine rings is 2. The number of hydrogen-bond donors (Lipinski definition) is 1. The summed E-state index contributed by atoms with van der Waals surface area (Å²) in [6.45, 7) is 4.35. The zero-order chi connectivity index (χ0) is 20.4. The minimum absolute atomic E-state index is 0.231. The molecule has 7 nitrogen and oxygen atoms in total. The molecule has 4 aromatic rings. The monoisotopic (exact) mass is 387 g/mol. The first-order chi connectivity index (χ1) is 14.1. The quantitative estimate of drug-likeness (QED) is 0.564. The maximum atomic E-state index is 13.1. The first-order valence-corrected chi connectivity index (χ1v) is 9.26. The van der Waals surface area contributed by atoms with Crippen molar-refractivity contribution in [2.45, 2.75) is 20.4 Å². The van der Waals surface area contributed by atoms with Crippen LogP contribution < -0.4 is 10.1 Å². The molecule has 0 radical (unpaired) electrons. The lowest BCUT2D eigenvalue weighted by atomic mass is 10.1. The van der Waals surface area contributed by atoms with E-state index in [9.17, 15) is 4.79 Å². The van der Waals surface area contributed by atoms with E-state index in [1.165, 1.54) is 7.11 Å². The maximum Gasteiger partial charge on any atom is 0.256 e. The Balaban J connectivity index is 1.67. The summed E-state index contributed by atoms with van der Waals surface area (Å²) in [5, 5.41) is 8.36. The largest absolute Gasteiger partial charge is 0.481 e. The minimum atomic E-state index is -0.231. The van der Waals surface area contributed by atoms with Crippen LogP contribution in [0.5, 0.6) is 5.88 Å². The highest BCUT2D eigenvalue weighted by Crippen LogP contribution is 2.25. The third kappa shape index (κ3) is 3.67. The van der Waals surface area contributed by atoms with Crippen LogP contribution in [0.3, 0.4) is 0 Å². The topological polar surface area (TPSA) is 81.9 Å². The average Bonchev–Trinajstić information content (AvgIpc) is 3.00. The fourth-order valence-electron chi connectivity index (χ4n) is 3.30. The van der Waals surface area contributed by atoms with Crippen molar-refractivity contribution in [1.29, 1.82) is 0 Å². The number of ether oxygens (including phenoxy) is 1. The highest BCUT2D eigenvalue weighted by Gasteiger charge is 2.18. The van der Waals surface area contributed by atoms with Crippen molar-refractivity contribution in [3.05, 3.63) is 77.4 Å². The molecule has 29 heavy (non-hydrogen) atoms. The number of para-hydroxylation sites is 1. The van der Waals surface area contributed by atoms with Crippen LogP contribution in [0, 0.1) is 13.8 Å². The Labute approximate surface area is 168 Å². The van der Waals surface area contributed by atoms with Crippen LogP contribution in [0.25, 0.3) is 10.9 Å². The van der Waals surface area contributed by atoms with Crippen molar-refractivity contribution < 1.29 is 9.53 Å². The second-order valence-electron chi connectivity index (χ2n) is 6.71. The lowest BCUT2D eigenvalue weighted by Gasteiger charge is -2.10. The summed E-state index contributed by atoms with van der Waals surface area (Å²) in [6.07, 6.45) is 1.76. The standard InChI is InChI=1S/C22H21N5O2/c1-14-21(15(2)27(26-14)13-16-8-6-7-11-23-16)25-22(28)18-12-20(29-3)24-19-10-5-4-9-17(18)19/h4-12H,13H2,1-3H3,(H,25,28). The first-order valence-electron chi connectivity index (χ1n) is 9.26. The molecule has 0 fully saturated rings. The molecule has 0 unspecified atom stereocenters. The van der Waals surface area contributed by atoms with Gasteiger partial charge in [-0.1, -0.05) is 24.3 Å². The average molecular weight is 387 g/mol. The molecule has 0 saturated carbocycles. The molecule has 1 amide bonds. The van der Waals surface area contributed by atoms with Crippen molar-refractivity contribution >= 4 is 22.5 Å². The normalized spacial score (nSPS) is 10.9. The van der Waals surface area contributed by atoms with Crippen LogP contribution in [0.15, 0.2) is 54.7 Å². The van der Waals surface area contributed by atoms with E-state index in [0.29, 0.717) is 29.2 Å². The predicted molar refractivity (Wildman–Crippen MR) is 111 cm³/mol. The van der Waals surface area contributed by atoms with Crippen molar-refractivity contribution in [2.24, 2.45) is 0 Å². The van der Waals surface area contributed by atoms with Gasteiger partial charge in [-0.25, -0.2) is 4.98 Å². The molecule has 0 saturated heterocycles. The van der Waals surface area contributed by atoms with Gasteiger partial charge in [-0.3, -0.25) is 14.5 Å². The van der Waals surface area contributed by atoms with Crippen molar-refractivity contribution in [1.82, 2.24) is 19.7 Å². The van der Waals surface area contributed by atoms with Gasteiger partial charge in [0, 0.05) is 17.6 Å². The van der Waals surface area contributed by atoms with E-state index in [0.717, 1.165) is 22.5 Å². The van der Waals surface area contributed by atoms with Gasteiger partial charge >= 0.3 is 0 Å². The van der Waals surface area contributed by atoms with Gasteiger partial charge in [-0.05, 0) is 32.0 Å². The van der Waals surface area contributed by atoms with E-state index < -0.39 is 0 Å². The molecule has 7 heteroatoms. The van der Waals surface area contributed by atoms with Gasteiger partial charge in [0.15, 0.2) is 0 Å². The Morgan fingerprint density at radius 1 is 1.14 bits per heavy atom. The molecule has 0 bridgehead atoms. The molecular weight excluding hydrogens is 366 g/mol. The number of nitrogens with zero attached hydrogens (tertiary/aromatic N) is 4. The lowest BCUT2D eigenvalue weighted by molar-refractivity contribution is 0.102. The van der Waals surface area contributed by atoms with E-state index >= 15 is 0 Å². The second-order valence-corrected chi connectivity index (χ2v) is 6.71. The smallest absolute Gasteiger partial charge is 0.256 e. The number of carbonyl (C=O) groups excluding carboxylic acids is 1. The summed E-state index contributed by atoms with van der Waals surface area (Å²) < 4.78 is 7.11. The molecule has 3 aromatic heterocycles. The van der Waals surface area contributed by atoms with Gasteiger partial charge < -0.3 is 10.1 Å². The van der Waals surface area contributed by atoms with Gasteiger partial charge in [0.05, 0.1) is 47.5 Å².